The number of nitrogens with one attached hydrogen (secondary N) is 1. The van der Waals surface area contributed by atoms with E-state index in [0.29, 0.717) is 12.0 Å². The minimum atomic E-state index is 0.466. The van der Waals surface area contributed by atoms with Crippen molar-refractivity contribution < 1.29 is 4.74 Å². The zero-order valence-electron chi connectivity index (χ0n) is 10.6. The van der Waals surface area contributed by atoms with Crippen molar-refractivity contribution in [2.45, 2.75) is 39.2 Å². The molecule has 2 rings (SSSR count). The van der Waals surface area contributed by atoms with Crippen LogP contribution in [-0.4, -0.2) is 29.2 Å². The molecule has 1 aliphatic rings. The Morgan fingerprint density at radius 2 is 2.35 bits per heavy atom. The summed E-state index contributed by atoms with van der Waals surface area (Å²) in [5.41, 5.74) is 1.12. The average Bonchev–Trinajstić information content (AvgIpc) is 2.33. The maximum absolute atomic E-state index is 5.44. The summed E-state index contributed by atoms with van der Waals surface area (Å²) in [5.74, 6) is 1.48. The molecule has 4 heteroatoms. The molecular formula is C13H21N3O. The first-order valence-corrected chi connectivity index (χ1v) is 6.44. The van der Waals surface area contributed by atoms with Crippen LogP contribution < -0.4 is 5.32 Å². The largest absolute Gasteiger partial charge is 0.381 e. The summed E-state index contributed by atoms with van der Waals surface area (Å²) in [6.07, 6.45) is 4.83. The van der Waals surface area contributed by atoms with E-state index in [1.54, 1.807) is 6.33 Å². The van der Waals surface area contributed by atoms with Crippen LogP contribution in [0.1, 0.15) is 32.4 Å². The number of aryl methyl sites for hydroxylation is 1. The quantitative estimate of drug-likeness (QED) is 0.869. The highest BCUT2D eigenvalue weighted by atomic mass is 16.5. The Morgan fingerprint density at radius 1 is 1.47 bits per heavy atom. The molecule has 0 radical (unpaired) electrons. The molecule has 1 fully saturated rings. The van der Waals surface area contributed by atoms with E-state index in [-0.39, 0.29) is 0 Å². The number of hydrogen-bond donors (Lipinski definition) is 1. The van der Waals surface area contributed by atoms with E-state index < -0.39 is 0 Å². The second-order valence-corrected chi connectivity index (χ2v) is 4.74. The molecule has 1 N–H and O–H groups in total. The van der Waals surface area contributed by atoms with Crippen molar-refractivity contribution in [1.29, 1.82) is 0 Å². The maximum Gasteiger partial charge on any atom is 0.129 e. The van der Waals surface area contributed by atoms with Gasteiger partial charge in [0, 0.05) is 24.4 Å². The van der Waals surface area contributed by atoms with Crippen LogP contribution in [0.4, 0.5) is 5.82 Å². The molecule has 0 saturated carbocycles. The lowest BCUT2D eigenvalue weighted by Crippen LogP contribution is -2.36. The molecule has 2 atom stereocenters. The molecule has 2 unspecified atom stereocenters. The molecule has 94 valence electrons. The molecule has 0 aromatic carbocycles. The molecule has 0 amide bonds. The van der Waals surface area contributed by atoms with Gasteiger partial charge in [-0.1, -0.05) is 20.3 Å². The number of rotatable bonds is 4. The van der Waals surface area contributed by atoms with Crippen LogP contribution in [0.3, 0.4) is 0 Å². The minimum absolute atomic E-state index is 0.466. The summed E-state index contributed by atoms with van der Waals surface area (Å²) in [6.45, 7) is 6.06. The monoisotopic (exact) mass is 235 g/mol. The first-order valence-electron chi connectivity index (χ1n) is 6.44. The molecule has 1 saturated heterocycles. The van der Waals surface area contributed by atoms with Crippen molar-refractivity contribution in [3.63, 3.8) is 0 Å². The molecule has 2 heterocycles. The van der Waals surface area contributed by atoms with Crippen LogP contribution in [0, 0.1) is 5.92 Å². The summed E-state index contributed by atoms with van der Waals surface area (Å²) in [7, 11) is 0. The summed E-state index contributed by atoms with van der Waals surface area (Å²) in [6, 6.07) is 2.53. The smallest absolute Gasteiger partial charge is 0.129 e. The third kappa shape index (κ3) is 3.40. The Hall–Kier alpha value is -1.16. The SMILES string of the molecule is CCCc1cc(NC2CCOCC2C)ncn1. The van der Waals surface area contributed by atoms with Gasteiger partial charge in [0.05, 0.1) is 6.61 Å². The van der Waals surface area contributed by atoms with E-state index in [1.165, 1.54) is 0 Å². The van der Waals surface area contributed by atoms with Gasteiger partial charge >= 0.3 is 0 Å². The maximum atomic E-state index is 5.44. The zero-order chi connectivity index (χ0) is 12.1. The summed E-state index contributed by atoms with van der Waals surface area (Å²) < 4.78 is 5.44. The van der Waals surface area contributed by atoms with E-state index in [0.717, 1.165) is 44.0 Å². The molecule has 4 nitrogen and oxygen atoms in total. The number of ether oxygens (including phenoxy) is 1. The van der Waals surface area contributed by atoms with Gasteiger partial charge in [-0.3, -0.25) is 0 Å². The van der Waals surface area contributed by atoms with Crippen LogP contribution in [0.2, 0.25) is 0 Å². The second kappa shape index (κ2) is 5.96. The van der Waals surface area contributed by atoms with Gasteiger partial charge in [0.25, 0.3) is 0 Å². The molecule has 0 spiro atoms. The highest BCUT2D eigenvalue weighted by Crippen LogP contribution is 2.18. The first kappa shape index (κ1) is 12.3. The lowest BCUT2D eigenvalue weighted by molar-refractivity contribution is 0.0537. The normalized spacial score (nSPS) is 24.6. The van der Waals surface area contributed by atoms with Gasteiger partial charge in [0.1, 0.15) is 12.1 Å². The van der Waals surface area contributed by atoms with Crippen molar-refractivity contribution in [2.75, 3.05) is 18.5 Å². The van der Waals surface area contributed by atoms with Crippen molar-refractivity contribution >= 4 is 5.82 Å². The molecular weight excluding hydrogens is 214 g/mol. The highest BCUT2D eigenvalue weighted by Gasteiger charge is 2.21. The predicted octanol–water partition coefficient (Wildman–Crippen LogP) is 2.27. The van der Waals surface area contributed by atoms with Gasteiger partial charge < -0.3 is 10.1 Å². The molecule has 0 aliphatic carbocycles. The standard InChI is InChI=1S/C13H21N3O/c1-3-4-11-7-13(15-9-14-11)16-12-5-6-17-8-10(12)2/h7,9-10,12H,3-6,8H2,1-2H3,(H,14,15,16). The number of hydrogen-bond acceptors (Lipinski definition) is 4. The van der Waals surface area contributed by atoms with Crippen LogP contribution >= 0.6 is 0 Å². The van der Waals surface area contributed by atoms with Gasteiger partial charge in [-0.15, -0.1) is 0 Å². The fourth-order valence-electron chi connectivity index (χ4n) is 2.15. The van der Waals surface area contributed by atoms with Crippen molar-refractivity contribution in [2.24, 2.45) is 5.92 Å². The molecule has 17 heavy (non-hydrogen) atoms. The lowest BCUT2D eigenvalue weighted by Gasteiger charge is -2.29. The van der Waals surface area contributed by atoms with E-state index in [2.05, 4.69) is 35.2 Å². The van der Waals surface area contributed by atoms with E-state index >= 15 is 0 Å². The second-order valence-electron chi connectivity index (χ2n) is 4.74. The Labute approximate surface area is 103 Å². The Bertz CT molecular complexity index is 356. The molecule has 0 bridgehead atoms. The van der Waals surface area contributed by atoms with Gasteiger partial charge in [-0.2, -0.15) is 0 Å². The molecule has 1 aliphatic heterocycles. The van der Waals surface area contributed by atoms with Gasteiger partial charge in [-0.25, -0.2) is 9.97 Å². The van der Waals surface area contributed by atoms with Crippen LogP contribution in [0.25, 0.3) is 0 Å². The van der Waals surface area contributed by atoms with E-state index in [4.69, 9.17) is 4.74 Å². The number of anilines is 1. The molecule has 1 aromatic rings. The van der Waals surface area contributed by atoms with Gasteiger partial charge in [-0.05, 0) is 18.8 Å². The Morgan fingerprint density at radius 3 is 3.12 bits per heavy atom. The summed E-state index contributed by atoms with van der Waals surface area (Å²) in [4.78, 5) is 8.55. The number of aromatic nitrogens is 2. The minimum Gasteiger partial charge on any atom is -0.381 e. The van der Waals surface area contributed by atoms with Gasteiger partial charge in [0.15, 0.2) is 0 Å². The lowest BCUT2D eigenvalue weighted by atomic mass is 9.98. The fraction of sp³-hybridized carbons (Fsp3) is 0.692. The third-order valence-electron chi connectivity index (χ3n) is 3.20. The van der Waals surface area contributed by atoms with Crippen molar-refractivity contribution in [1.82, 2.24) is 9.97 Å². The Balaban J connectivity index is 1.99. The van der Waals surface area contributed by atoms with Crippen molar-refractivity contribution in [3.05, 3.63) is 18.1 Å². The van der Waals surface area contributed by atoms with Crippen LogP contribution in [-0.2, 0) is 11.2 Å². The Kier molecular flexibility index (Phi) is 4.31. The van der Waals surface area contributed by atoms with E-state index in [1.807, 2.05) is 0 Å². The van der Waals surface area contributed by atoms with E-state index in [9.17, 15) is 0 Å². The predicted molar refractivity (Wildman–Crippen MR) is 68.0 cm³/mol. The van der Waals surface area contributed by atoms with Gasteiger partial charge in [0.2, 0.25) is 0 Å². The summed E-state index contributed by atoms with van der Waals surface area (Å²) in [5, 5.41) is 3.50. The third-order valence-corrected chi connectivity index (χ3v) is 3.20. The first-order chi connectivity index (χ1) is 8.29. The highest BCUT2D eigenvalue weighted by molar-refractivity contribution is 5.36. The zero-order valence-corrected chi connectivity index (χ0v) is 10.6. The van der Waals surface area contributed by atoms with Crippen LogP contribution in [0.15, 0.2) is 12.4 Å². The topological polar surface area (TPSA) is 47.0 Å². The van der Waals surface area contributed by atoms with Crippen LogP contribution in [0.5, 0.6) is 0 Å². The van der Waals surface area contributed by atoms with Crippen molar-refractivity contribution in [3.8, 4) is 0 Å². The fourth-order valence-corrected chi connectivity index (χ4v) is 2.15. The average molecular weight is 235 g/mol. The summed E-state index contributed by atoms with van der Waals surface area (Å²) >= 11 is 0. The number of nitrogens with zero attached hydrogens (tertiary/aromatic N) is 2. The molecule has 1 aromatic heterocycles.